The topological polar surface area (TPSA) is 62.7 Å². The summed E-state index contributed by atoms with van der Waals surface area (Å²) >= 11 is 6.71. The fraction of sp³-hybridized carbons (Fsp3) is 0.259. The summed E-state index contributed by atoms with van der Waals surface area (Å²) in [6.45, 7) is 5.21. The Kier molecular flexibility index (Phi) is 5.37. The molecule has 0 unspecified atom stereocenters. The number of rotatable bonds is 5. The minimum Gasteiger partial charge on any atom is -0.508 e. The molecule has 174 valence electrons. The number of nitrogens with zero attached hydrogens (tertiary/aromatic N) is 2. The highest BCUT2D eigenvalue weighted by molar-refractivity contribution is 6.35. The zero-order chi connectivity index (χ0) is 23.2. The molecule has 0 bridgehead atoms. The zero-order valence-electron chi connectivity index (χ0n) is 19.0. The third-order valence-electron chi connectivity index (χ3n) is 6.88. The predicted molar refractivity (Wildman–Crippen MR) is 137 cm³/mol. The Labute approximate surface area is 202 Å². The Morgan fingerprint density at radius 1 is 1.00 bits per heavy atom. The number of phenolic OH excluding ortho intramolecular Hbond substituents is 1. The molecule has 1 aliphatic heterocycles. The van der Waals surface area contributed by atoms with Crippen LogP contribution in [0, 0.1) is 0 Å². The number of fused-ring (bicyclic) bond motifs is 5. The van der Waals surface area contributed by atoms with Crippen LogP contribution in [-0.4, -0.2) is 59.5 Å². The molecule has 1 saturated heterocycles. The van der Waals surface area contributed by atoms with E-state index in [-0.39, 0.29) is 5.75 Å². The highest BCUT2D eigenvalue weighted by Gasteiger charge is 2.21. The Morgan fingerprint density at radius 3 is 2.65 bits per heavy atom. The van der Waals surface area contributed by atoms with Crippen LogP contribution in [0.2, 0.25) is 5.02 Å². The minimum atomic E-state index is 0.264. The SMILES string of the molecule is COc1cccc(Cl)c1-c1cc2c(c3c[nH]cc13)c1cc(O)ccc1n2CCN1CCOCC1. The molecule has 1 fully saturated rings. The van der Waals surface area contributed by atoms with Gasteiger partial charge in [0.2, 0.25) is 0 Å². The van der Waals surface area contributed by atoms with E-state index in [4.69, 9.17) is 21.1 Å². The van der Waals surface area contributed by atoms with Gasteiger partial charge in [-0.25, -0.2) is 0 Å². The fourth-order valence-corrected chi connectivity index (χ4v) is 5.52. The Hall–Kier alpha value is -3.19. The number of aromatic amines is 1. The second-order valence-electron chi connectivity index (χ2n) is 8.73. The van der Waals surface area contributed by atoms with E-state index in [0.29, 0.717) is 5.02 Å². The molecule has 0 spiro atoms. The molecule has 1 aliphatic rings. The largest absolute Gasteiger partial charge is 0.508 e. The van der Waals surface area contributed by atoms with Gasteiger partial charge in [-0.3, -0.25) is 4.90 Å². The summed E-state index contributed by atoms with van der Waals surface area (Å²) in [6, 6.07) is 13.6. The van der Waals surface area contributed by atoms with Crippen molar-refractivity contribution in [3.63, 3.8) is 0 Å². The number of H-pyrrole nitrogens is 1. The molecule has 2 N–H and O–H groups in total. The van der Waals surface area contributed by atoms with E-state index >= 15 is 0 Å². The number of morpholine rings is 1. The lowest BCUT2D eigenvalue weighted by Gasteiger charge is -2.27. The quantitative estimate of drug-likeness (QED) is 0.345. The van der Waals surface area contributed by atoms with Crippen LogP contribution in [0.4, 0.5) is 0 Å². The molecule has 0 aliphatic carbocycles. The maximum atomic E-state index is 10.3. The van der Waals surface area contributed by atoms with Crippen molar-refractivity contribution in [1.29, 1.82) is 0 Å². The van der Waals surface area contributed by atoms with Gasteiger partial charge in [0.25, 0.3) is 0 Å². The van der Waals surface area contributed by atoms with E-state index in [2.05, 4.69) is 20.5 Å². The van der Waals surface area contributed by atoms with Crippen LogP contribution >= 0.6 is 11.6 Å². The standard InChI is InChI=1S/C27H26ClN3O3/c1-33-25-4-2-3-22(28)27(25)18-14-24-26(21-16-29-15-20(18)21)19-13-17(32)5-6-23(19)31(24)8-7-30-9-11-34-12-10-30/h2-6,13-16,29,32H,7-12H2,1H3. The van der Waals surface area contributed by atoms with Crippen molar-refractivity contribution in [3.05, 3.63) is 59.9 Å². The molecular weight excluding hydrogens is 450 g/mol. The first-order chi connectivity index (χ1) is 16.7. The van der Waals surface area contributed by atoms with Gasteiger partial charge in [0.1, 0.15) is 11.5 Å². The van der Waals surface area contributed by atoms with Crippen molar-refractivity contribution in [2.75, 3.05) is 40.0 Å². The number of ether oxygens (including phenoxy) is 2. The molecule has 3 aromatic carbocycles. The van der Waals surface area contributed by atoms with Crippen LogP contribution < -0.4 is 4.74 Å². The third-order valence-corrected chi connectivity index (χ3v) is 7.20. The average Bonchev–Trinajstić information content (AvgIpc) is 3.45. The minimum absolute atomic E-state index is 0.264. The number of aromatic hydroxyl groups is 1. The van der Waals surface area contributed by atoms with Crippen LogP contribution in [0.1, 0.15) is 0 Å². The average molecular weight is 476 g/mol. The predicted octanol–water partition coefficient (Wildman–Crippen LogP) is 5.64. The Bertz CT molecular complexity index is 1510. The van der Waals surface area contributed by atoms with E-state index in [1.165, 1.54) is 0 Å². The number of phenols is 1. The number of benzene rings is 3. The number of aromatic nitrogens is 2. The summed E-state index contributed by atoms with van der Waals surface area (Å²) in [6.07, 6.45) is 4.03. The first-order valence-corrected chi connectivity index (χ1v) is 11.9. The van der Waals surface area contributed by atoms with Crippen LogP contribution in [0.15, 0.2) is 54.9 Å². The molecule has 2 aromatic heterocycles. The molecular formula is C27H26ClN3O3. The maximum Gasteiger partial charge on any atom is 0.128 e. The normalized spacial score (nSPS) is 15.0. The fourth-order valence-electron chi connectivity index (χ4n) is 5.25. The lowest BCUT2D eigenvalue weighted by atomic mass is 9.97. The maximum absolute atomic E-state index is 10.3. The van der Waals surface area contributed by atoms with Gasteiger partial charge >= 0.3 is 0 Å². The number of hydrogen-bond donors (Lipinski definition) is 2. The second kappa shape index (κ2) is 8.55. The van der Waals surface area contributed by atoms with Crippen molar-refractivity contribution in [3.8, 4) is 22.6 Å². The number of methoxy groups -OCH3 is 1. The molecule has 6 nitrogen and oxygen atoms in total. The molecule has 3 heterocycles. The van der Waals surface area contributed by atoms with Crippen molar-refractivity contribution >= 4 is 44.2 Å². The van der Waals surface area contributed by atoms with Crippen LogP contribution in [-0.2, 0) is 11.3 Å². The Morgan fingerprint density at radius 2 is 1.82 bits per heavy atom. The molecule has 0 radical (unpaired) electrons. The molecule has 5 aromatic rings. The van der Waals surface area contributed by atoms with Gasteiger partial charge in [0, 0.05) is 71.2 Å². The first-order valence-electron chi connectivity index (χ1n) is 11.5. The summed E-state index contributed by atoms with van der Waals surface area (Å²) in [5.74, 6) is 1.00. The van der Waals surface area contributed by atoms with E-state index in [1.807, 2.05) is 42.7 Å². The molecule has 0 atom stereocenters. The lowest BCUT2D eigenvalue weighted by Crippen LogP contribution is -2.38. The molecule has 0 saturated carbocycles. The second-order valence-corrected chi connectivity index (χ2v) is 9.13. The van der Waals surface area contributed by atoms with Crippen LogP contribution in [0.25, 0.3) is 43.7 Å². The molecule has 34 heavy (non-hydrogen) atoms. The number of hydrogen-bond acceptors (Lipinski definition) is 4. The van der Waals surface area contributed by atoms with E-state index in [1.54, 1.807) is 13.2 Å². The van der Waals surface area contributed by atoms with E-state index in [0.717, 1.165) is 88.8 Å². The van der Waals surface area contributed by atoms with Crippen molar-refractivity contribution < 1.29 is 14.6 Å². The van der Waals surface area contributed by atoms with Gasteiger partial charge in [-0.2, -0.15) is 0 Å². The summed E-state index contributed by atoms with van der Waals surface area (Å²) in [5, 5.41) is 15.3. The summed E-state index contributed by atoms with van der Waals surface area (Å²) in [5.41, 5.74) is 4.11. The number of nitrogens with one attached hydrogen (secondary N) is 1. The molecule has 0 amide bonds. The summed E-state index contributed by atoms with van der Waals surface area (Å²) < 4.78 is 13.6. The number of halogens is 1. The van der Waals surface area contributed by atoms with Gasteiger partial charge in [-0.1, -0.05) is 17.7 Å². The summed E-state index contributed by atoms with van der Waals surface area (Å²) in [4.78, 5) is 5.73. The van der Waals surface area contributed by atoms with Crippen LogP contribution in [0.3, 0.4) is 0 Å². The highest BCUT2D eigenvalue weighted by Crippen LogP contribution is 2.45. The smallest absolute Gasteiger partial charge is 0.128 e. The summed E-state index contributed by atoms with van der Waals surface area (Å²) in [7, 11) is 1.67. The van der Waals surface area contributed by atoms with Crippen LogP contribution in [0.5, 0.6) is 11.5 Å². The van der Waals surface area contributed by atoms with Crippen molar-refractivity contribution in [2.24, 2.45) is 0 Å². The van der Waals surface area contributed by atoms with E-state index < -0.39 is 0 Å². The van der Waals surface area contributed by atoms with Gasteiger partial charge in [-0.05, 0) is 42.0 Å². The monoisotopic (exact) mass is 475 g/mol. The van der Waals surface area contributed by atoms with Crippen molar-refractivity contribution in [2.45, 2.75) is 6.54 Å². The molecule has 6 rings (SSSR count). The van der Waals surface area contributed by atoms with E-state index in [9.17, 15) is 5.11 Å². The van der Waals surface area contributed by atoms with Gasteiger partial charge in [0.15, 0.2) is 0 Å². The molecule has 7 heteroatoms. The van der Waals surface area contributed by atoms with Crippen molar-refractivity contribution in [1.82, 2.24) is 14.5 Å². The van der Waals surface area contributed by atoms with Gasteiger partial charge in [0.05, 0.1) is 30.9 Å². The lowest BCUT2D eigenvalue weighted by molar-refractivity contribution is 0.0366. The Balaban J connectivity index is 1.63. The van der Waals surface area contributed by atoms with Gasteiger partial charge < -0.3 is 24.1 Å². The zero-order valence-corrected chi connectivity index (χ0v) is 19.7. The third kappa shape index (κ3) is 3.41. The highest BCUT2D eigenvalue weighted by atomic mass is 35.5. The van der Waals surface area contributed by atoms with Gasteiger partial charge in [-0.15, -0.1) is 0 Å². The first kappa shape index (κ1) is 21.4.